The van der Waals surface area contributed by atoms with Crippen LogP contribution in [0.15, 0.2) is 18.2 Å². The quantitative estimate of drug-likeness (QED) is 0.784. The maximum Gasteiger partial charge on any atom is 0.337 e. The van der Waals surface area contributed by atoms with Crippen LogP contribution in [-0.2, 0) is 19.8 Å². The number of benzene rings is 1. The number of esters is 1. The molecular weight excluding hydrogens is 351 g/mol. The topological polar surface area (TPSA) is 90.7 Å². The third kappa shape index (κ3) is 3.78. The fourth-order valence-corrected chi connectivity index (χ4v) is 3.04. The monoisotopic (exact) mass is 372 g/mol. The number of nitrogens with two attached hydrogens (primary N) is 1. The van der Waals surface area contributed by atoms with Gasteiger partial charge in [0.05, 0.1) is 23.8 Å². The van der Waals surface area contributed by atoms with Gasteiger partial charge in [0.25, 0.3) is 0 Å². The lowest BCUT2D eigenvalue weighted by Gasteiger charge is -2.33. The number of ether oxygens (including phenoxy) is 2. The van der Waals surface area contributed by atoms with Gasteiger partial charge in [-0.05, 0) is 37.8 Å². The van der Waals surface area contributed by atoms with Crippen molar-refractivity contribution in [3.63, 3.8) is 0 Å². The minimum atomic E-state index is -0.976. The average molecular weight is 373 g/mol. The van der Waals surface area contributed by atoms with Crippen molar-refractivity contribution >= 4 is 24.3 Å². The highest BCUT2D eigenvalue weighted by Crippen LogP contribution is 2.47. The third-order valence-corrected chi connectivity index (χ3v) is 4.85. The predicted octanol–water partition coefficient (Wildman–Crippen LogP) is 1.65. The van der Waals surface area contributed by atoms with Gasteiger partial charge in [0, 0.05) is 18.8 Å². The third-order valence-electron chi connectivity index (χ3n) is 4.85. The van der Waals surface area contributed by atoms with Gasteiger partial charge in [0.1, 0.15) is 5.82 Å². The molecule has 2 fully saturated rings. The number of carbonyl (C=O) groups is 2. The molecule has 0 aromatic heterocycles. The molecule has 0 radical (unpaired) electrons. The molecule has 25 heavy (non-hydrogen) atoms. The molecule has 1 heterocycles. The van der Waals surface area contributed by atoms with Crippen LogP contribution in [0.2, 0.25) is 0 Å². The van der Waals surface area contributed by atoms with Gasteiger partial charge in [-0.25, -0.2) is 9.18 Å². The molecule has 1 amide bonds. The number of nitrogens with one attached hydrogen (secondary N) is 1. The maximum absolute atomic E-state index is 14.5. The van der Waals surface area contributed by atoms with E-state index in [9.17, 15) is 14.0 Å². The van der Waals surface area contributed by atoms with Gasteiger partial charge in [0.15, 0.2) is 0 Å². The molecule has 0 atom stereocenters. The Morgan fingerprint density at radius 2 is 1.88 bits per heavy atom. The summed E-state index contributed by atoms with van der Waals surface area (Å²) in [4.78, 5) is 24.1. The van der Waals surface area contributed by atoms with E-state index in [-0.39, 0.29) is 23.9 Å². The van der Waals surface area contributed by atoms with Gasteiger partial charge < -0.3 is 20.5 Å². The van der Waals surface area contributed by atoms with Crippen molar-refractivity contribution in [3.8, 4) is 0 Å². The largest absolute Gasteiger partial charge is 0.465 e. The van der Waals surface area contributed by atoms with Crippen molar-refractivity contribution in [2.75, 3.05) is 20.3 Å². The summed E-state index contributed by atoms with van der Waals surface area (Å²) in [5, 5.41) is 2.92. The van der Waals surface area contributed by atoms with Crippen LogP contribution in [-0.4, -0.2) is 37.7 Å². The Bertz CT molecular complexity index is 673. The number of halogens is 2. The van der Waals surface area contributed by atoms with Crippen LogP contribution >= 0.6 is 12.4 Å². The predicted molar refractivity (Wildman–Crippen MR) is 91.0 cm³/mol. The van der Waals surface area contributed by atoms with Gasteiger partial charge in [-0.1, -0.05) is 6.07 Å². The number of hydrogen-bond donors (Lipinski definition) is 2. The molecule has 0 bridgehead atoms. The Morgan fingerprint density at radius 1 is 1.24 bits per heavy atom. The first kappa shape index (κ1) is 19.6. The van der Waals surface area contributed by atoms with E-state index < -0.39 is 22.9 Å². The first-order valence-corrected chi connectivity index (χ1v) is 7.98. The molecule has 0 spiro atoms. The summed E-state index contributed by atoms with van der Waals surface area (Å²) in [6.45, 7) is 0.887. The van der Waals surface area contributed by atoms with E-state index in [1.807, 2.05) is 0 Å². The zero-order chi connectivity index (χ0) is 17.4. The lowest BCUT2D eigenvalue weighted by molar-refractivity contribution is -0.130. The molecule has 8 heteroatoms. The fourth-order valence-electron chi connectivity index (χ4n) is 3.04. The van der Waals surface area contributed by atoms with Crippen LogP contribution in [0.3, 0.4) is 0 Å². The summed E-state index contributed by atoms with van der Waals surface area (Å²) < 4.78 is 24.3. The summed E-state index contributed by atoms with van der Waals surface area (Å²) in [5.41, 5.74) is 4.99. The van der Waals surface area contributed by atoms with Crippen molar-refractivity contribution in [2.24, 2.45) is 5.73 Å². The highest BCUT2D eigenvalue weighted by Gasteiger charge is 2.50. The molecule has 6 nitrogen and oxygen atoms in total. The lowest BCUT2D eigenvalue weighted by atomic mass is 9.89. The van der Waals surface area contributed by atoms with Crippen LogP contribution in [0.4, 0.5) is 4.39 Å². The minimum absolute atomic E-state index is 0. The minimum Gasteiger partial charge on any atom is -0.465 e. The van der Waals surface area contributed by atoms with E-state index in [4.69, 9.17) is 10.5 Å². The van der Waals surface area contributed by atoms with Crippen molar-refractivity contribution in [1.82, 2.24) is 5.32 Å². The lowest BCUT2D eigenvalue weighted by Crippen LogP contribution is -2.58. The molecule has 3 rings (SSSR count). The zero-order valence-corrected chi connectivity index (χ0v) is 14.8. The molecule has 1 aromatic carbocycles. The molecule has 1 saturated carbocycles. The van der Waals surface area contributed by atoms with Crippen LogP contribution < -0.4 is 11.1 Å². The van der Waals surface area contributed by atoms with Gasteiger partial charge in [-0.2, -0.15) is 0 Å². The Hall–Kier alpha value is -1.70. The standard InChI is InChI=1S/C17H21FN2O4.ClH/c1-23-14(21)11-2-3-12(13(18)10-11)17(4-5-17)20-15(22)16(19)6-8-24-9-7-16;/h2-3,10H,4-9,19H2,1H3,(H,20,22);1H. The molecule has 1 aliphatic heterocycles. The first-order chi connectivity index (χ1) is 11.4. The van der Waals surface area contributed by atoms with Gasteiger partial charge in [-0.15, -0.1) is 12.4 Å². The van der Waals surface area contributed by atoms with E-state index in [0.29, 0.717) is 44.5 Å². The summed E-state index contributed by atoms with van der Waals surface area (Å²) >= 11 is 0. The molecule has 1 aliphatic carbocycles. The Morgan fingerprint density at radius 3 is 2.40 bits per heavy atom. The number of carbonyl (C=O) groups excluding carboxylic acids is 2. The second kappa shape index (κ2) is 7.27. The molecule has 138 valence electrons. The van der Waals surface area contributed by atoms with Crippen molar-refractivity contribution in [1.29, 1.82) is 0 Å². The Kier molecular flexibility index (Phi) is 5.71. The van der Waals surface area contributed by atoms with E-state index in [0.717, 1.165) is 6.07 Å². The van der Waals surface area contributed by atoms with Gasteiger partial charge >= 0.3 is 5.97 Å². The first-order valence-electron chi connectivity index (χ1n) is 7.98. The zero-order valence-electron chi connectivity index (χ0n) is 14.0. The number of rotatable bonds is 4. The Balaban J connectivity index is 0.00000225. The van der Waals surface area contributed by atoms with Crippen molar-refractivity contribution in [2.45, 2.75) is 36.8 Å². The van der Waals surface area contributed by atoms with Crippen LogP contribution in [0.1, 0.15) is 41.6 Å². The summed E-state index contributed by atoms with van der Waals surface area (Å²) in [6, 6.07) is 4.17. The molecule has 3 N–H and O–H groups in total. The van der Waals surface area contributed by atoms with Crippen LogP contribution in [0.5, 0.6) is 0 Å². The highest BCUT2D eigenvalue weighted by molar-refractivity contribution is 5.90. The van der Waals surface area contributed by atoms with Crippen LogP contribution in [0, 0.1) is 5.82 Å². The molecule has 0 unspecified atom stereocenters. The average Bonchev–Trinajstić information content (AvgIpc) is 3.35. The number of methoxy groups -OCH3 is 1. The fraction of sp³-hybridized carbons (Fsp3) is 0.529. The van der Waals surface area contributed by atoms with E-state index in [1.165, 1.54) is 19.2 Å². The molecular formula is C17H22ClFN2O4. The van der Waals surface area contributed by atoms with E-state index in [2.05, 4.69) is 10.1 Å². The second-order valence-electron chi connectivity index (χ2n) is 6.49. The SMILES string of the molecule is COC(=O)c1ccc(C2(NC(=O)C3(N)CCOCC3)CC2)c(F)c1.Cl. The van der Waals surface area contributed by atoms with Crippen LogP contribution in [0.25, 0.3) is 0 Å². The molecule has 1 aromatic rings. The van der Waals surface area contributed by atoms with E-state index >= 15 is 0 Å². The smallest absolute Gasteiger partial charge is 0.337 e. The molecule has 2 aliphatic rings. The highest BCUT2D eigenvalue weighted by atomic mass is 35.5. The van der Waals surface area contributed by atoms with Crippen molar-refractivity contribution < 1.29 is 23.5 Å². The Labute approximate surface area is 151 Å². The number of hydrogen-bond acceptors (Lipinski definition) is 5. The summed E-state index contributed by atoms with van der Waals surface area (Å²) in [7, 11) is 1.24. The van der Waals surface area contributed by atoms with Gasteiger partial charge in [0.2, 0.25) is 5.91 Å². The van der Waals surface area contributed by atoms with E-state index in [1.54, 1.807) is 0 Å². The van der Waals surface area contributed by atoms with Crippen molar-refractivity contribution in [3.05, 3.63) is 35.1 Å². The maximum atomic E-state index is 14.5. The molecule has 1 saturated heterocycles. The van der Waals surface area contributed by atoms with Gasteiger partial charge in [-0.3, -0.25) is 4.79 Å². The number of amides is 1. The second-order valence-corrected chi connectivity index (χ2v) is 6.49. The normalized spacial score (nSPS) is 20.1. The summed E-state index contributed by atoms with van der Waals surface area (Å²) in [6.07, 6.45) is 2.16. The summed E-state index contributed by atoms with van der Waals surface area (Å²) in [5.74, 6) is -1.41.